The Bertz CT molecular complexity index is 687. The van der Waals surface area contributed by atoms with Crippen molar-refractivity contribution in [1.82, 2.24) is 14.9 Å². The maximum atomic E-state index is 12.4. The number of nitrogens with one attached hydrogen (secondary N) is 1. The Morgan fingerprint density at radius 1 is 1.33 bits per heavy atom. The van der Waals surface area contributed by atoms with Crippen LogP contribution in [0.3, 0.4) is 0 Å². The quantitative estimate of drug-likeness (QED) is 0.920. The van der Waals surface area contributed by atoms with Crippen molar-refractivity contribution in [1.29, 1.82) is 0 Å². The first-order valence-corrected chi connectivity index (χ1v) is 7.43. The summed E-state index contributed by atoms with van der Waals surface area (Å²) in [5, 5.41) is 3.16. The summed E-state index contributed by atoms with van der Waals surface area (Å²) in [5.74, 6) is 1.15. The molecule has 4 nitrogen and oxygen atoms in total. The molecule has 1 N–H and O–H groups in total. The van der Waals surface area contributed by atoms with E-state index in [-0.39, 0.29) is 11.9 Å². The lowest BCUT2D eigenvalue weighted by atomic mass is 10.0. The predicted octanol–water partition coefficient (Wildman–Crippen LogP) is 2.55. The third-order valence-corrected chi connectivity index (χ3v) is 4.07. The Hall–Kier alpha value is -2.10. The first kappa shape index (κ1) is 13.9. The molecule has 1 aliphatic rings. The van der Waals surface area contributed by atoms with Crippen molar-refractivity contribution in [3.63, 3.8) is 0 Å². The first-order valence-electron chi connectivity index (χ1n) is 7.43. The maximum absolute atomic E-state index is 12.4. The summed E-state index contributed by atoms with van der Waals surface area (Å²) in [6.45, 7) is 6.85. The van der Waals surface area contributed by atoms with Crippen LogP contribution in [0.5, 0.6) is 0 Å². The van der Waals surface area contributed by atoms with E-state index in [2.05, 4.69) is 21.1 Å². The van der Waals surface area contributed by atoms with Crippen molar-refractivity contribution in [3.05, 3.63) is 52.6 Å². The van der Waals surface area contributed by atoms with E-state index in [1.54, 1.807) is 0 Å². The lowest BCUT2D eigenvalue weighted by Crippen LogP contribution is -2.41. The van der Waals surface area contributed by atoms with E-state index in [9.17, 15) is 4.79 Å². The third kappa shape index (κ3) is 2.84. The number of fused-ring (bicyclic) bond motifs is 1. The number of carbonyl (C=O) groups is 1. The van der Waals surface area contributed by atoms with Gasteiger partial charge >= 0.3 is 0 Å². The Morgan fingerprint density at radius 2 is 2.14 bits per heavy atom. The number of carbonyl (C=O) groups excluding carboxylic acids is 1. The third-order valence-electron chi connectivity index (χ3n) is 4.07. The van der Waals surface area contributed by atoms with Crippen LogP contribution in [0, 0.1) is 20.8 Å². The topological polar surface area (TPSA) is 46.9 Å². The highest BCUT2D eigenvalue weighted by atomic mass is 16.1. The second-order valence-corrected chi connectivity index (χ2v) is 5.98. The van der Waals surface area contributed by atoms with Gasteiger partial charge in [-0.2, -0.15) is 0 Å². The number of aromatic nitrogens is 2. The zero-order valence-corrected chi connectivity index (χ0v) is 12.8. The standard InChI is InChI=1S/C17H21N3O/c1-11-4-6-15(12(2)8-11)17(21)19-14-5-7-16-18-13(3)9-20(16)10-14/h4,6,8-9,14H,5,7,10H2,1-3H3,(H,19,21)/t14-/m1/s1. The summed E-state index contributed by atoms with van der Waals surface area (Å²) in [6.07, 6.45) is 3.93. The summed E-state index contributed by atoms with van der Waals surface area (Å²) in [6, 6.07) is 6.13. The predicted molar refractivity (Wildman–Crippen MR) is 82.5 cm³/mol. The normalized spacial score (nSPS) is 17.4. The van der Waals surface area contributed by atoms with E-state index in [4.69, 9.17) is 0 Å². The molecule has 0 radical (unpaired) electrons. The fraction of sp³-hybridized carbons (Fsp3) is 0.412. The van der Waals surface area contributed by atoms with Crippen LogP contribution in [-0.2, 0) is 13.0 Å². The number of benzene rings is 1. The minimum absolute atomic E-state index is 0.0257. The fourth-order valence-electron chi connectivity index (χ4n) is 3.04. The Labute approximate surface area is 125 Å². The highest BCUT2D eigenvalue weighted by Crippen LogP contribution is 2.16. The van der Waals surface area contributed by atoms with Gasteiger partial charge in [-0.25, -0.2) is 4.98 Å². The van der Waals surface area contributed by atoms with E-state index >= 15 is 0 Å². The second-order valence-electron chi connectivity index (χ2n) is 5.98. The van der Waals surface area contributed by atoms with Crippen LogP contribution >= 0.6 is 0 Å². The first-order chi connectivity index (χ1) is 10.0. The van der Waals surface area contributed by atoms with Gasteiger partial charge in [-0.05, 0) is 38.8 Å². The van der Waals surface area contributed by atoms with Crippen molar-refractivity contribution < 1.29 is 4.79 Å². The molecule has 0 aliphatic carbocycles. The minimum atomic E-state index is 0.0257. The van der Waals surface area contributed by atoms with E-state index in [0.717, 1.165) is 42.0 Å². The van der Waals surface area contributed by atoms with Crippen LogP contribution in [0.15, 0.2) is 24.4 Å². The minimum Gasteiger partial charge on any atom is -0.347 e. The molecule has 4 heteroatoms. The Balaban J connectivity index is 1.71. The van der Waals surface area contributed by atoms with Gasteiger partial charge in [0.25, 0.3) is 5.91 Å². The van der Waals surface area contributed by atoms with Crippen molar-refractivity contribution >= 4 is 5.91 Å². The van der Waals surface area contributed by atoms with E-state index in [1.807, 2.05) is 39.0 Å². The summed E-state index contributed by atoms with van der Waals surface area (Å²) < 4.78 is 2.16. The molecule has 0 unspecified atom stereocenters. The van der Waals surface area contributed by atoms with Crippen LogP contribution in [0.1, 0.15) is 39.4 Å². The van der Waals surface area contributed by atoms with Crippen LogP contribution in [0.2, 0.25) is 0 Å². The molecule has 3 rings (SSSR count). The van der Waals surface area contributed by atoms with Crippen LogP contribution in [0.25, 0.3) is 0 Å². The molecule has 1 atom stereocenters. The van der Waals surface area contributed by atoms with E-state index < -0.39 is 0 Å². The molecule has 1 amide bonds. The number of amides is 1. The largest absolute Gasteiger partial charge is 0.347 e. The van der Waals surface area contributed by atoms with Crippen molar-refractivity contribution in [2.45, 2.75) is 46.2 Å². The molecule has 1 aromatic heterocycles. The van der Waals surface area contributed by atoms with Gasteiger partial charge in [0.15, 0.2) is 0 Å². The number of imidazole rings is 1. The van der Waals surface area contributed by atoms with Gasteiger partial charge < -0.3 is 9.88 Å². The molecule has 1 aliphatic heterocycles. The van der Waals surface area contributed by atoms with Gasteiger partial charge in [-0.1, -0.05) is 17.7 Å². The van der Waals surface area contributed by atoms with Crippen LogP contribution in [0.4, 0.5) is 0 Å². The highest BCUT2D eigenvalue weighted by Gasteiger charge is 2.22. The molecular weight excluding hydrogens is 262 g/mol. The van der Waals surface area contributed by atoms with Gasteiger partial charge in [0.05, 0.1) is 5.69 Å². The van der Waals surface area contributed by atoms with Gasteiger partial charge in [-0.3, -0.25) is 4.79 Å². The number of hydrogen-bond acceptors (Lipinski definition) is 2. The summed E-state index contributed by atoms with van der Waals surface area (Å²) in [5.41, 5.74) is 4.03. The number of hydrogen-bond donors (Lipinski definition) is 1. The molecule has 0 spiro atoms. The fourth-order valence-corrected chi connectivity index (χ4v) is 3.04. The smallest absolute Gasteiger partial charge is 0.251 e. The molecule has 0 saturated heterocycles. The average Bonchev–Trinajstić information content (AvgIpc) is 2.77. The highest BCUT2D eigenvalue weighted by molar-refractivity contribution is 5.95. The summed E-state index contributed by atoms with van der Waals surface area (Å²) in [7, 11) is 0. The van der Waals surface area contributed by atoms with Crippen LogP contribution < -0.4 is 5.32 Å². The van der Waals surface area contributed by atoms with Crippen molar-refractivity contribution in [2.24, 2.45) is 0 Å². The van der Waals surface area contributed by atoms with Crippen LogP contribution in [-0.4, -0.2) is 21.5 Å². The number of rotatable bonds is 2. The molecule has 1 aromatic carbocycles. The maximum Gasteiger partial charge on any atom is 0.251 e. The molecular formula is C17H21N3O. The molecule has 21 heavy (non-hydrogen) atoms. The second kappa shape index (κ2) is 5.35. The van der Waals surface area contributed by atoms with E-state index in [0.29, 0.717) is 0 Å². The number of aryl methyl sites for hydroxylation is 4. The van der Waals surface area contributed by atoms with E-state index in [1.165, 1.54) is 5.56 Å². The zero-order valence-electron chi connectivity index (χ0n) is 12.8. The van der Waals surface area contributed by atoms with Crippen molar-refractivity contribution in [2.75, 3.05) is 0 Å². The molecule has 110 valence electrons. The zero-order chi connectivity index (χ0) is 15.0. The Kier molecular flexibility index (Phi) is 3.53. The van der Waals surface area contributed by atoms with Gasteiger partial charge in [0.1, 0.15) is 5.82 Å². The summed E-state index contributed by atoms with van der Waals surface area (Å²) in [4.78, 5) is 16.9. The summed E-state index contributed by atoms with van der Waals surface area (Å²) >= 11 is 0. The number of nitrogens with zero attached hydrogens (tertiary/aromatic N) is 2. The molecule has 0 saturated carbocycles. The Morgan fingerprint density at radius 3 is 2.90 bits per heavy atom. The van der Waals surface area contributed by atoms with Gasteiger partial charge in [-0.15, -0.1) is 0 Å². The lowest BCUT2D eigenvalue weighted by molar-refractivity contribution is 0.0927. The monoisotopic (exact) mass is 283 g/mol. The lowest BCUT2D eigenvalue weighted by Gasteiger charge is -2.25. The SMILES string of the molecule is Cc1ccc(C(=O)N[C@@H]2CCc3nc(C)cn3C2)c(C)c1. The van der Waals surface area contributed by atoms with Crippen molar-refractivity contribution in [3.8, 4) is 0 Å². The van der Waals surface area contributed by atoms with Gasteiger partial charge in [0, 0.05) is 30.8 Å². The molecule has 2 aromatic rings. The average molecular weight is 283 g/mol. The molecule has 0 fully saturated rings. The molecule has 0 bridgehead atoms. The molecule has 2 heterocycles. The van der Waals surface area contributed by atoms with Gasteiger partial charge in [0.2, 0.25) is 0 Å².